The third-order valence-electron chi connectivity index (χ3n) is 4.13. The molecule has 0 bridgehead atoms. The van der Waals surface area contributed by atoms with Gasteiger partial charge < -0.3 is 9.84 Å². The van der Waals surface area contributed by atoms with E-state index in [1.54, 1.807) is 18.4 Å². The average molecular weight is 335 g/mol. The van der Waals surface area contributed by atoms with Gasteiger partial charge in [0, 0.05) is 11.8 Å². The number of amides is 1. The molecule has 0 aromatic carbocycles. The van der Waals surface area contributed by atoms with E-state index in [1.165, 1.54) is 6.33 Å². The maximum absolute atomic E-state index is 12.2. The van der Waals surface area contributed by atoms with Crippen molar-refractivity contribution in [2.24, 2.45) is 11.8 Å². The highest BCUT2D eigenvalue weighted by Crippen LogP contribution is 2.35. The van der Waals surface area contributed by atoms with Crippen molar-refractivity contribution < 1.29 is 14.6 Å². The second kappa shape index (κ2) is 6.33. The number of nitrogens with one attached hydrogen (secondary N) is 2. The Hall–Kier alpha value is -2.26. The average Bonchev–Trinajstić information content (AvgIpc) is 3.10. The first kappa shape index (κ1) is 16.6. The van der Waals surface area contributed by atoms with Gasteiger partial charge in [0.2, 0.25) is 11.9 Å². The number of carbonyl (C=O) groups excluding carboxylic acids is 1. The van der Waals surface area contributed by atoms with Gasteiger partial charge in [-0.25, -0.2) is 4.98 Å². The summed E-state index contributed by atoms with van der Waals surface area (Å²) in [5.41, 5.74) is 0.0937. The van der Waals surface area contributed by atoms with Gasteiger partial charge in [0.05, 0.1) is 19.0 Å². The minimum atomic E-state index is -0.429. The van der Waals surface area contributed by atoms with Crippen LogP contribution in [0.5, 0.6) is 0 Å². The van der Waals surface area contributed by atoms with Crippen LogP contribution in [0.25, 0.3) is 11.2 Å². The number of fused-ring (bicyclic) bond motifs is 1. The van der Waals surface area contributed by atoms with Gasteiger partial charge in [-0.15, -0.1) is 0 Å². The number of H-pyrrole nitrogens is 1. The number of aromatic nitrogens is 4. The number of imidazole rings is 1. The molecule has 1 aliphatic rings. The maximum atomic E-state index is 12.2. The van der Waals surface area contributed by atoms with Crippen molar-refractivity contribution in [2.45, 2.75) is 39.5 Å². The van der Waals surface area contributed by atoms with Crippen LogP contribution < -0.4 is 10.9 Å². The van der Waals surface area contributed by atoms with Crippen molar-refractivity contribution in [2.75, 3.05) is 11.9 Å². The highest BCUT2D eigenvalue weighted by molar-refractivity contribution is 5.91. The van der Waals surface area contributed by atoms with Gasteiger partial charge in [-0.2, -0.15) is 4.98 Å². The fraction of sp³-hybridized carbons (Fsp3) is 0.600. The summed E-state index contributed by atoms with van der Waals surface area (Å²) in [4.78, 5) is 34.9. The first-order chi connectivity index (χ1) is 11.4. The van der Waals surface area contributed by atoms with Crippen molar-refractivity contribution in [3.8, 4) is 0 Å². The lowest BCUT2D eigenvalue weighted by molar-refractivity contribution is -0.118. The lowest BCUT2D eigenvalue weighted by Gasteiger charge is -2.17. The molecule has 1 aliphatic heterocycles. The number of rotatable bonds is 4. The van der Waals surface area contributed by atoms with E-state index in [9.17, 15) is 14.7 Å². The van der Waals surface area contributed by atoms with Gasteiger partial charge in [-0.3, -0.25) is 24.5 Å². The van der Waals surface area contributed by atoms with Crippen LogP contribution in [-0.4, -0.2) is 43.2 Å². The Balaban J connectivity index is 2.00. The van der Waals surface area contributed by atoms with Crippen LogP contribution >= 0.6 is 0 Å². The van der Waals surface area contributed by atoms with Gasteiger partial charge in [0.25, 0.3) is 5.56 Å². The Morgan fingerprint density at radius 3 is 2.96 bits per heavy atom. The molecule has 1 saturated heterocycles. The van der Waals surface area contributed by atoms with E-state index in [-0.39, 0.29) is 48.1 Å². The summed E-state index contributed by atoms with van der Waals surface area (Å²) in [5.74, 6) is -0.263. The van der Waals surface area contributed by atoms with Crippen molar-refractivity contribution in [1.82, 2.24) is 19.5 Å². The van der Waals surface area contributed by atoms with E-state index >= 15 is 0 Å². The molecule has 24 heavy (non-hydrogen) atoms. The van der Waals surface area contributed by atoms with Crippen molar-refractivity contribution >= 4 is 23.0 Å². The molecule has 1 amide bonds. The number of hydrogen-bond donors (Lipinski definition) is 3. The molecular weight excluding hydrogens is 314 g/mol. The predicted molar refractivity (Wildman–Crippen MR) is 86.4 cm³/mol. The summed E-state index contributed by atoms with van der Waals surface area (Å²) >= 11 is 0. The number of ether oxygens (including phenoxy) is 1. The van der Waals surface area contributed by atoms with E-state index in [1.807, 2.05) is 6.92 Å². The number of aliphatic hydroxyl groups excluding tert-OH is 1. The molecule has 3 heterocycles. The summed E-state index contributed by atoms with van der Waals surface area (Å²) < 4.78 is 7.48. The quantitative estimate of drug-likeness (QED) is 0.753. The number of aliphatic hydroxyl groups is 1. The molecule has 2 aromatic heterocycles. The molecule has 0 radical (unpaired) electrons. The highest BCUT2D eigenvalue weighted by atomic mass is 16.5. The van der Waals surface area contributed by atoms with E-state index in [4.69, 9.17) is 4.74 Å². The molecule has 3 atom stereocenters. The Bertz CT molecular complexity index is 812. The van der Waals surface area contributed by atoms with Crippen molar-refractivity contribution in [1.29, 1.82) is 0 Å². The van der Waals surface area contributed by atoms with E-state index in [0.29, 0.717) is 12.1 Å². The molecule has 2 aromatic rings. The maximum Gasteiger partial charge on any atom is 0.280 e. The van der Waals surface area contributed by atoms with Crippen molar-refractivity contribution in [3.63, 3.8) is 0 Å². The first-order valence-electron chi connectivity index (χ1n) is 7.94. The fourth-order valence-electron chi connectivity index (χ4n) is 2.81. The zero-order valence-electron chi connectivity index (χ0n) is 13.8. The van der Waals surface area contributed by atoms with Gasteiger partial charge in [0.1, 0.15) is 6.23 Å². The molecule has 9 nitrogen and oxygen atoms in total. The Kier molecular flexibility index (Phi) is 4.37. The van der Waals surface area contributed by atoms with Crippen molar-refractivity contribution in [3.05, 3.63) is 16.7 Å². The van der Waals surface area contributed by atoms with E-state index < -0.39 is 5.56 Å². The van der Waals surface area contributed by atoms with Crippen LogP contribution in [0.1, 0.15) is 33.4 Å². The van der Waals surface area contributed by atoms with Crippen LogP contribution in [-0.2, 0) is 9.53 Å². The fourth-order valence-corrected chi connectivity index (χ4v) is 2.81. The third kappa shape index (κ3) is 2.92. The van der Waals surface area contributed by atoms with Gasteiger partial charge >= 0.3 is 0 Å². The number of carbonyl (C=O) groups is 1. The summed E-state index contributed by atoms with van der Waals surface area (Å²) in [7, 11) is 0. The summed E-state index contributed by atoms with van der Waals surface area (Å²) in [6, 6.07) is 0. The molecular formula is C15H21N5O4. The lowest BCUT2D eigenvalue weighted by atomic mass is 10.1. The predicted octanol–water partition coefficient (Wildman–Crippen LogP) is 0.630. The SMILES string of the molecule is CC(C)C(=O)Nc1nc2c(ncn2[C@@H]2O[C@H](CO)C[C@H]2C)c(=O)[nH]1. The number of aromatic amines is 1. The lowest BCUT2D eigenvalue weighted by Crippen LogP contribution is -2.23. The first-order valence-corrected chi connectivity index (χ1v) is 7.94. The van der Waals surface area contributed by atoms with E-state index in [0.717, 1.165) is 0 Å². The molecule has 130 valence electrons. The highest BCUT2D eigenvalue weighted by Gasteiger charge is 2.34. The topological polar surface area (TPSA) is 122 Å². The molecule has 3 N–H and O–H groups in total. The Morgan fingerprint density at radius 1 is 1.58 bits per heavy atom. The number of anilines is 1. The van der Waals surface area contributed by atoms with Crippen LogP contribution in [0.3, 0.4) is 0 Å². The standard InChI is InChI=1S/C15H21N5O4/c1-7(2)12(22)18-15-17-11-10(13(23)19-15)16-6-20(11)14-8(3)4-9(5-21)24-14/h6-9,14,21H,4-5H2,1-3H3,(H2,17,18,19,22,23)/t8-,9+,14-/m1/s1. The molecule has 0 unspecified atom stereocenters. The summed E-state index contributed by atoms with van der Waals surface area (Å²) in [6.45, 7) is 5.44. The molecule has 9 heteroatoms. The largest absolute Gasteiger partial charge is 0.394 e. The third-order valence-corrected chi connectivity index (χ3v) is 4.13. The molecule has 3 rings (SSSR count). The van der Waals surface area contributed by atoms with Crippen LogP contribution in [0.4, 0.5) is 5.95 Å². The van der Waals surface area contributed by atoms with Gasteiger partial charge in [0.15, 0.2) is 11.2 Å². The number of hydrogen-bond acceptors (Lipinski definition) is 6. The van der Waals surface area contributed by atoms with Crippen LogP contribution in [0.2, 0.25) is 0 Å². The molecule has 0 spiro atoms. The Morgan fingerprint density at radius 2 is 2.33 bits per heavy atom. The molecule has 0 aliphatic carbocycles. The van der Waals surface area contributed by atoms with Gasteiger partial charge in [-0.1, -0.05) is 20.8 Å². The minimum Gasteiger partial charge on any atom is -0.394 e. The second-order valence-electron chi connectivity index (χ2n) is 6.43. The van der Waals surface area contributed by atoms with Crippen LogP contribution in [0.15, 0.2) is 11.1 Å². The summed E-state index contributed by atoms with van der Waals surface area (Å²) in [6.07, 6.45) is 1.60. The monoisotopic (exact) mass is 335 g/mol. The zero-order valence-corrected chi connectivity index (χ0v) is 13.8. The minimum absolute atomic E-state index is 0.0584. The molecule has 0 saturated carbocycles. The van der Waals surface area contributed by atoms with Crippen LogP contribution in [0, 0.1) is 11.8 Å². The molecule has 1 fully saturated rings. The Labute approximate surface area is 138 Å². The normalized spacial score (nSPS) is 24.0. The van der Waals surface area contributed by atoms with Gasteiger partial charge in [-0.05, 0) is 6.42 Å². The van der Waals surface area contributed by atoms with E-state index in [2.05, 4.69) is 20.3 Å². The smallest absolute Gasteiger partial charge is 0.280 e. The zero-order chi connectivity index (χ0) is 17.4. The summed E-state index contributed by atoms with van der Waals surface area (Å²) in [5, 5.41) is 11.9. The second-order valence-corrected chi connectivity index (χ2v) is 6.43. The number of nitrogens with zero attached hydrogens (tertiary/aromatic N) is 3.